The number of ether oxygens (including phenoxy) is 1. The zero-order valence-electron chi connectivity index (χ0n) is 19.8. The van der Waals surface area contributed by atoms with Crippen LogP contribution in [0.3, 0.4) is 0 Å². The summed E-state index contributed by atoms with van der Waals surface area (Å²) in [7, 11) is -3.85. The van der Waals surface area contributed by atoms with Crippen LogP contribution in [0.15, 0.2) is 77.7 Å². The SMILES string of the molecule is CCOC(=O)C(NC(=O)CCNS(=O)(=O)c1ccc2c(c1)Cc1ccccc1-2)C(O)c1ccccc1. The summed E-state index contributed by atoms with van der Waals surface area (Å²) in [6.45, 7) is 1.53. The molecule has 0 heterocycles. The largest absolute Gasteiger partial charge is 0.464 e. The minimum absolute atomic E-state index is 0.0817. The van der Waals surface area contributed by atoms with Crippen molar-refractivity contribution in [1.29, 1.82) is 0 Å². The second-order valence-electron chi connectivity index (χ2n) is 8.45. The third kappa shape index (κ3) is 5.64. The van der Waals surface area contributed by atoms with E-state index in [0.29, 0.717) is 12.0 Å². The van der Waals surface area contributed by atoms with Crippen LogP contribution in [0, 0.1) is 0 Å². The smallest absolute Gasteiger partial charge is 0.331 e. The number of carbonyl (C=O) groups is 2. The molecule has 36 heavy (non-hydrogen) atoms. The van der Waals surface area contributed by atoms with Gasteiger partial charge in [0.1, 0.15) is 6.10 Å². The molecule has 4 rings (SSSR count). The lowest BCUT2D eigenvalue weighted by molar-refractivity contribution is -0.151. The normalized spacial score (nSPS) is 13.8. The molecule has 9 heteroatoms. The minimum atomic E-state index is -3.85. The molecule has 0 saturated heterocycles. The molecule has 1 aliphatic rings. The first-order valence-corrected chi connectivity index (χ1v) is 13.2. The van der Waals surface area contributed by atoms with Crippen molar-refractivity contribution in [3.05, 3.63) is 89.5 Å². The van der Waals surface area contributed by atoms with Gasteiger partial charge in [-0.1, -0.05) is 60.7 Å². The van der Waals surface area contributed by atoms with Crippen molar-refractivity contribution >= 4 is 21.9 Å². The molecule has 0 saturated carbocycles. The third-order valence-corrected chi connectivity index (χ3v) is 7.49. The first kappa shape index (κ1) is 25.6. The van der Waals surface area contributed by atoms with E-state index in [2.05, 4.69) is 10.0 Å². The third-order valence-electron chi connectivity index (χ3n) is 6.03. The summed E-state index contributed by atoms with van der Waals surface area (Å²) >= 11 is 0. The van der Waals surface area contributed by atoms with Gasteiger partial charge in [0.15, 0.2) is 6.04 Å². The number of amides is 1. The summed E-state index contributed by atoms with van der Waals surface area (Å²) in [5.41, 5.74) is 4.65. The number of aliphatic hydroxyl groups is 1. The average molecular weight is 509 g/mol. The molecular weight excluding hydrogens is 480 g/mol. The van der Waals surface area contributed by atoms with Crippen LogP contribution in [0.2, 0.25) is 0 Å². The molecule has 0 fully saturated rings. The molecule has 2 atom stereocenters. The van der Waals surface area contributed by atoms with E-state index < -0.39 is 34.0 Å². The topological polar surface area (TPSA) is 122 Å². The van der Waals surface area contributed by atoms with Gasteiger partial charge in [0.2, 0.25) is 15.9 Å². The van der Waals surface area contributed by atoms with E-state index >= 15 is 0 Å². The number of aliphatic hydroxyl groups excluding tert-OH is 1. The van der Waals surface area contributed by atoms with Gasteiger partial charge in [-0.05, 0) is 53.3 Å². The number of carbonyl (C=O) groups excluding carboxylic acids is 2. The highest BCUT2D eigenvalue weighted by atomic mass is 32.2. The number of benzene rings is 3. The molecule has 1 amide bonds. The number of esters is 1. The quantitative estimate of drug-likeness (QED) is 0.283. The molecule has 0 radical (unpaired) electrons. The molecule has 0 aliphatic heterocycles. The Balaban J connectivity index is 1.37. The second kappa shape index (κ2) is 11.0. The lowest BCUT2D eigenvalue weighted by Crippen LogP contribution is -2.46. The van der Waals surface area contributed by atoms with Crippen LogP contribution in [0.4, 0.5) is 0 Å². The van der Waals surface area contributed by atoms with Crippen molar-refractivity contribution < 1.29 is 27.9 Å². The lowest BCUT2D eigenvalue weighted by Gasteiger charge is -2.23. The maximum absolute atomic E-state index is 12.8. The van der Waals surface area contributed by atoms with E-state index in [-0.39, 0.29) is 24.5 Å². The molecule has 0 aromatic heterocycles. The molecule has 8 nitrogen and oxygen atoms in total. The Morgan fingerprint density at radius 2 is 1.67 bits per heavy atom. The van der Waals surface area contributed by atoms with Crippen molar-refractivity contribution in [1.82, 2.24) is 10.0 Å². The van der Waals surface area contributed by atoms with Crippen LogP contribution in [-0.2, 0) is 30.8 Å². The summed E-state index contributed by atoms with van der Waals surface area (Å²) in [6, 6.07) is 20.1. The summed E-state index contributed by atoms with van der Waals surface area (Å²) < 4.78 is 33.1. The Hall–Kier alpha value is -3.53. The first-order chi connectivity index (χ1) is 17.3. The predicted molar refractivity (Wildman–Crippen MR) is 134 cm³/mol. The van der Waals surface area contributed by atoms with E-state index in [9.17, 15) is 23.1 Å². The molecule has 3 N–H and O–H groups in total. The number of nitrogens with one attached hydrogen (secondary N) is 2. The Bertz CT molecular complexity index is 1360. The van der Waals surface area contributed by atoms with E-state index in [1.54, 1.807) is 55.5 Å². The highest BCUT2D eigenvalue weighted by molar-refractivity contribution is 7.89. The van der Waals surface area contributed by atoms with E-state index in [1.807, 2.05) is 24.3 Å². The van der Waals surface area contributed by atoms with Crippen LogP contribution in [0.5, 0.6) is 0 Å². The molecule has 0 spiro atoms. The van der Waals surface area contributed by atoms with Crippen molar-refractivity contribution in [2.24, 2.45) is 0 Å². The molecule has 2 unspecified atom stereocenters. The van der Waals surface area contributed by atoms with Gasteiger partial charge >= 0.3 is 5.97 Å². The van der Waals surface area contributed by atoms with Gasteiger partial charge in [-0.15, -0.1) is 0 Å². The Kier molecular flexibility index (Phi) is 7.83. The van der Waals surface area contributed by atoms with E-state index in [0.717, 1.165) is 22.3 Å². The zero-order valence-corrected chi connectivity index (χ0v) is 20.6. The Morgan fingerprint density at radius 1 is 0.972 bits per heavy atom. The molecule has 3 aromatic rings. The number of fused-ring (bicyclic) bond motifs is 3. The second-order valence-corrected chi connectivity index (χ2v) is 10.2. The van der Waals surface area contributed by atoms with Gasteiger partial charge in [0.25, 0.3) is 0 Å². The van der Waals surface area contributed by atoms with Crippen molar-refractivity contribution in [3.63, 3.8) is 0 Å². The fraction of sp³-hybridized carbons (Fsp3) is 0.259. The number of rotatable bonds is 10. The van der Waals surface area contributed by atoms with Gasteiger partial charge in [-0.25, -0.2) is 17.9 Å². The lowest BCUT2D eigenvalue weighted by atomic mass is 10.0. The number of hydrogen-bond donors (Lipinski definition) is 3. The van der Waals surface area contributed by atoms with Crippen molar-refractivity contribution in [2.45, 2.75) is 36.8 Å². The highest BCUT2D eigenvalue weighted by Gasteiger charge is 2.31. The van der Waals surface area contributed by atoms with Crippen LogP contribution in [-0.4, -0.2) is 44.6 Å². The van der Waals surface area contributed by atoms with Crippen LogP contribution >= 0.6 is 0 Å². The maximum atomic E-state index is 12.8. The van der Waals surface area contributed by atoms with E-state index in [1.165, 1.54) is 0 Å². The van der Waals surface area contributed by atoms with Crippen LogP contribution < -0.4 is 10.0 Å². The molecule has 3 aromatic carbocycles. The van der Waals surface area contributed by atoms with Gasteiger partial charge in [-0.2, -0.15) is 0 Å². The van der Waals surface area contributed by atoms with Crippen LogP contribution in [0.25, 0.3) is 11.1 Å². The first-order valence-electron chi connectivity index (χ1n) is 11.7. The zero-order chi connectivity index (χ0) is 25.7. The van der Waals surface area contributed by atoms with Crippen molar-refractivity contribution in [3.8, 4) is 11.1 Å². The molecule has 0 bridgehead atoms. The molecular formula is C27H28N2O6S. The van der Waals surface area contributed by atoms with Gasteiger partial charge < -0.3 is 15.2 Å². The standard InChI is InChI=1S/C27H28N2O6S/c1-2-35-27(32)25(26(31)18-8-4-3-5-9-18)29-24(30)14-15-28-36(33,34)21-12-13-23-20(17-21)16-19-10-6-7-11-22(19)23/h3-13,17,25-26,28,31H,2,14-16H2,1H3,(H,29,30). The Labute approximate surface area is 210 Å². The Morgan fingerprint density at radius 3 is 2.42 bits per heavy atom. The van der Waals surface area contributed by atoms with E-state index in [4.69, 9.17) is 4.74 Å². The number of hydrogen-bond acceptors (Lipinski definition) is 6. The van der Waals surface area contributed by atoms with Gasteiger partial charge in [-0.3, -0.25) is 4.79 Å². The summed E-state index contributed by atoms with van der Waals surface area (Å²) in [5.74, 6) is -1.38. The molecule has 188 valence electrons. The summed E-state index contributed by atoms with van der Waals surface area (Å²) in [4.78, 5) is 25.0. The highest BCUT2D eigenvalue weighted by Crippen LogP contribution is 2.37. The van der Waals surface area contributed by atoms with Crippen molar-refractivity contribution in [2.75, 3.05) is 13.2 Å². The average Bonchev–Trinajstić information content (AvgIpc) is 3.25. The van der Waals surface area contributed by atoms with Gasteiger partial charge in [0.05, 0.1) is 11.5 Å². The summed E-state index contributed by atoms with van der Waals surface area (Å²) in [5, 5.41) is 13.1. The monoisotopic (exact) mass is 508 g/mol. The fourth-order valence-corrected chi connectivity index (χ4v) is 5.34. The minimum Gasteiger partial charge on any atom is -0.464 e. The van der Waals surface area contributed by atoms with Crippen LogP contribution in [0.1, 0.15) is 36.1 Å². The van der Waals surface area contributed by atoms with Gasteiger partial charge in [0, 0.05) is 13.0 Å². The molecule has 1 aliphatic carbocycles. The predicted octanol–water partition coefficient (Wildman–Crippen LogP) is 2.71. The fourth-order valence-electron chi connectivity index (χ4n) is 4.26. The number of sulfonamides is 1. The maximum Gasteiger partial charge on any atom is 0.331 e. The summed E-state index contributed by atoms with van der Waals surface area (Å²) in [6.07, 6.45) is -0.884.